The average molecular weight is 196 g/mol. The third kappa shape index (κ3) is 2.96. The van der Waals surface area contributed by atoms with E-state index in [-0.39, 0.29) is 0 Å². The predicted molar refractivity (Wildman–Crippen MR) is 60.5 cm³/mol. The Morgan fingerprint density at radius 1 is 1.29 bits per heavy atom. The van der Waals surface area contributed by atoms with Gasteiger partial charge >= 0.3 is 0 Å². The zero-order chi connectivity index (χ0) is 9.97. The summed E-state index contributed by atoms with van der Waals surface area (Å²) < 4.78 is 0. The fourth-order valence-corrected chi connectivity index (χ4v) is 2.30. The molecule has 0 aromatic carbocycles. The summed E-state index contributed by atoms with van der Waals surface area (Å²) in [5.41, 5.74) is 0. The van der Waals surface area contributed by atoms with Crippen molar-refractivity contribution in [1.82, 2.24) is 10.2 Å². The van der Waals surface area contributed by atoms with Crippen molar-refractivity contribution in [2.45, 2.75) is 51.6 Å². The van der Waals surface area contributed by atoms with Gasteiger partial charge in [-0.15, -0.1) is 0 Å². The van der Waals surface area contributed by atoms with Crippen LogP contribution in [0.5, 0.6) is 0 Å². The molecule has 2 rings (SSSR count). The zero-order valence-electron chi connectivity index (χ0n) is 9.63. The minimum atomic E-state index is 0.786. The lowest BCUT2D eigenvalue weighted by Gasteiger charge is -2.16. The van der Waals surface area contributed by atoms with Crippen molar-refractivity contribution in [3.05, 3.63) is 0 Å². The Labute approximate surface area is 88.1 Å². The molecule has 0 aromatic rings. The fourth-order valence-electron chi connectivity index (χ4n) is 2.30. The molecule has 0 aromatic heterocycles. The van der Waals surface area contributed by atoms with E-state index in [0.29, 0.717) is 0 Å². The van der Waals surface area contributed by atoms with E-state index in [9.17, 15) is 0 Å². The first kappa shape index (κ1) is 10.4. The lowest BCUT2D eigenvalue weighted by Crippen LogP contribution is -2.34. The minimum absolute atomic E-state index is 0.786. The Bertz CT molecular complexity index is 175. The van der Waals surface area contributed by atoms with Gasteiger partial charge in [0.1, 0.15) is 0 Å². The molecule has 1 heterocycles. The van der Waals surface area contributed by atoms with E-state index in [1.165, 1.54) is 45.3 Å². The molecule has 1 aliphatic heterocycles. The SMILES string of the molecule is CC(C)CCNC1CCN(C2CC2)C1. The van der Waals surface area contributed by atoms with Crippen molar-refractivity contribution < 1.29 is 0 Å². The molecule has 0 spiro atoms. The molecule has 2 fully saturated rings. The Balaban J connectivity index is 1.58. The van der Waals surface area contributed by atoms with Gasteiger partial charge in [-0.25, -0.2) is 0 Å². The standard InChI is InChI=1S/C12H24N2/c1-10(2)5-7-13-11-6-8-14(9-11)12-3-4-12/h10-13H,3-9H2,1-2H3. The highest BCUT2D eigenvalue weighted by molar-refractivity contribution is 4.91. The Kier molecular flexibility index (Phi) is 3.45. The van der Waals surface area contributed by atoms with Gasteiger partial charge in [-0.1, -0.05) is 13.8 Å². The first-order valence-corrected chi connectivity index (χ1v) is 6.23. The molecule has 1 saturated heterocycles. The van der Waals surface area contributed by atoms with Crippen LogP contribution in [-0.4, -0.2) is 36.6 Å². The van der Waals surface area contributed by atoms with Crippen molar-refractivity contribution in [2.75, 3.05) is 19.6 Å². The average Bonchev–Trinajstić information content (AvgIpc) is 2.87. The van der Waals surface area contributed by atoms with E-state index < -0.39 is 0 Å². The van der Waals surface area contributed by atoms with Crippen LogP contribution in [0.25, 0.3) is 0 Å². The largest absolute Gasteiger partial charge is 0.313 e. The second-order valence-corrected chi connectivity index (χ2v) is 5.35. The highest BCUT2D eigenvalue weighted by atomic mass is 15.2. The molecule has 2 aliphatic rings. The van der Waals surface area contributed by atoms with Gasteiger partial charge < -0.3 is 5.32 Å². The number of hydrogen-bond donors (Lipinski definition) is 1. The number of rotatable bonds is 5. The van der Waals surface area contributed by atoms with Gasteiger partial charge in [0.05, 0.1) is 0 Å². The van der Waals surface area contributed by atoms with Crippen LogP contribution in [0.1, 0.15) is 39.5 Å². The quantitative estimate of drug-likeness (QED) is 0.722. The van der Waals surface area contributed by atoms with Gasteiger partial charge in [0.2, 0.25) is 0 Å². The van der Waals surface area contributed by atoms with E-state index in [4.69, 9.17) is 0 Å². The van der Waals surface area contributed by atoms with Crippen LogP contribution in [0, 0.1) is 5.92 Å². The molecule has 1 N–H and O–H groups in total. The second-order valence-electron chi connectivity index (χ2n) is 5.35. The minimum Gasteiger partial charge on any atom is -0.313 e. The van der Waals surface area contributed by atoms with E-state index in [1.54, 1.807) is 0 Å². The van der Waals surface area contributed by atoms with E-state index in [2.05, 4.69) is 24.1 Å². The Hall–Kier alpha value is -0.0800. The highest BCUT2D eigenvalue weighted by Crippen LogP contribution is 2.29. The van der Waals surface area contributed by atoms with Crippen molar-refractivity contribution >= 4 is 0 Å². The summed E-state index contributed by atoms with van der Waals surface area (Å²) in [6.07, 6.45) is 5.60. The monoisotopic (exact) mass is 196 g/mol. The molecule has 82 valence electrons. The third-order valence-corrected chi connectivity index (χ3v) is 3.44. The number of likely N-dealkylation sites (tertiary alicyclic amines) is 1. The smallest absolute Gasteiger partial charge is 0.0207 e. The molecule has 14 heavy (non-hydrogen) atoms. The number of nitrogens with one attached hydrogen (secondary N) is 1. The Morgan fingerprint density at radius 2 is 2.07 bits per heavy atom. The molecule has 0 radical (unpaired) electrons. The fraction of sp³-hybridized carbons (Fsp3) is 1.00. The van der Waals surface area contributed by atoms with E-state index >= 15 is 0 Å². The summed E-state index contributed by atoms with van der Waals surface area (Å²) >= 11 is 0. The lowest BCUT2D eigenvalue weighted by atomic mass is 10.1. The topological polar surface area (TPSA) is 15.3 Å². The lowest BCUT2D eigenvalue weighted by molar-refractivity contribution is 0.316. The van der Waals surface area contributed by atoms with Gasteiger partial charge in [0, 0.05) is 25.2 Å². The van der Waals surface area contributed by atoms with Crippen LogP contribution in [-0.2, 0) is 0 Å². The van der Waals surface area contributed by atoms with Gasteiger partial charge in [-0.05, 0) is 38.1 Å². The molecular weight excluding hydrogens is 172 g/mol. The van der Waals surface area contributed by atoms with E-state index in [1.807, 2.05) is 0 Å². The molecule has 1 atom stereocenters. The van der Waals surface area contributed by atoms with Gasteiger partial charge in [0.15, 0.2) is 0 Å². The first-order valence-electron chi connectivity index (χ1n) is 6.23. The van der Waals surface area contributed by atoms with Crippen molar-refractivity contribution in [3.8, 4) is 0 Å². The molecule has 1 unspecified atom stereocenters. The highest BCUT2D eigenvalue weighted by Gasteiger charge is 2.33. The number of hydrogen-bond acceptors (Lipinski definition) is 2. The molecule has 2 nitrogen and oxygen atoms in total. The summed E-state index contributed by atoms with van der Waals surface area (Å²) in [4.78, 5) is 2.67. The Morgan fingerprint density at radius 3 is 2.71 bits per heavy atom. The molecule has 1 aliphatic carbocycles. The van der Waals surface area contributed by atoms with Crippen molar-refractivity contribution in [3.63, 3.8) is 0 Å². The van der Waals surface area contributed by atoms with E-state index in [0.717, 1.165) is 18.0 Å². The zero-order valence-corrected chi connectivity index (χ0v) is 9.63. The number of nitrogens with zero attached hydrogens (tertiary/aromatic N) is 1. The van der Waals surface area contributed by atoms with Gasteiger partial charge in [-0.3, -0.25) is 4.90 Å². The van der Waals surface area contributed by atoms with Crippen molar-refractivity contribution in [2.24, 2.45) is 5.92 Å². The van der Waals surface area contributed by atoms with Gasteiger partial charge in [0.25, 0.3) is 0 Å². The van der Waals surface area contributed by atoms with Gasteiger partial charge in [-0.2, -0.15) is 0 Å². The third-order valence-electron chi connectivity index (χ3n) is 3.44. The second kappa shape index (κ2) is 4.63. The van der Waals surface area contributed by atoms with Crippen LogP contribution in [0.15, 0.2) is 0 Å². The molecule has 2 heteroatoms. The molecular formula is C12H24N2. The van der Waals surface area contributed by atoms with Crippen LogP contribution in [0.3, 0.4) is 0 Å². The maximum Gasteiger partial charge on any atom is 0.0207 e. The normalized spacial score (nSPS) is 28.9. The molecule has 0 amide bonds. The maximum absolute atomic E-state index is 3.68. The first-order chi connectivity index (χ1) is 6.75. The maximum atomic E-state index is 3.68. The summed E-state index contributed by atoms with van der Waals surface area (Å²) in [7, 11) is 0. The summed E-state index contributed by atoms with van der Waals surface area (Å²) in [5, 5.41) is 3.68. The van der Waals surface area contributed by atoms with Crippen molar-refractivity contribution in [1.29, 1.82) is 0 Å². The predicted octanol–water partition coefficient (Wildman–Crippen LogP) is 1.86. The summed E-state index contributed by atoms with van der Waals surface area (Å²) in [6.45, 7) is 8.45. The molecule has 0 bridgehead atoms. The van der Waals surface area contributed by atoms with Crippen LogP contribution >= 0.6 is 0 Å². The molecule has 1 saturated carbocycles. The van der Waals surface area contributed by atoms with Crippen LogP contribution in [0.2, 0.25) is 0 Å². The summed E-state index contributed by atoms with van der Waals surface area (Å²) in [5.74, 6) is 0.837. The van der Waals surface area contributed by atoms with Crippen LogP contribution in [0.4, 0.5) is 0 Å². The van der Waals surface area contributed by atoms with Crippen LogP contribution < -0.4 is 5.32 Å². The summed E-state index contributed by atoms with van der Waals surface area (Å²) in [6, 6.07) is 1.75.